The van der Waals surface area contributed by atoms with Crippen LogP contribution in [0, 0.1) is 19.8 Å². The molecule has 1 heterocycles. The molecule has 0 amide bonds. The van der Waals surface area contributed by atoms with Crippen molar-refractivity contribution in [2.45, 2.75) is 52.2 Å². The molecule has 0 radical (unpaired) electrons. The number of aryl methyl sites for hydroxylation is 2. The van der Waals surface area contributed by atoms with Gasteiger partial charge in [-0.3, -0.25) is 0 Å². The topological polar surface area (TPSA) is 65.0 Å². The standard InChI is InChI=1S/C26H31BrO5/c1-14(2)20-12-21(19-8-7-15(3)9-16(19)4)17(5)32-25(20)22-10-18(27)11-23(30-6)26(22)31-13-24(28)29/h7-11,17,20-21,25H,1,12-13H2,2-6H3,(H,28,29)/t17-,20+,21-,25-/m0/s1. The van der Waals surface area contributed by atoms with E-state index in [9.17, 15) is 4.79 Å². The average Bonchev–Trinajstić information content (AvgIpc) is 2.72. The van der Waals surface area contributed by atoms with Gasteiger partial charge in [0.1, 0.15) is 0 Å². The first kappa shape index (κ1) is 24.3. The molecule has 1 saturated heterocycles. The summed E-state index contributed by atoms with van der Waals surface area (Å²) in [5.74, 6) is 0.0645. The highest BCUT2D eigenvalue weighted by atomic mass is 79.9. The van der Waals surface area contributed by atoms with E-state index in [1.807, 2.05) is 13.0 Å². The zero-order chi connectivity index (χ0) is 23.6. The quantitative estimate of drug-likeness (QED) is 0.446. The number of halogens is 1. The maximum absolute atomic E-state index is 11.2. The van der Waals surface area contributed by atoms with Gasteiger partial charge in [0.15, 0.2) is 18.1 Å². The Morgan fingerprint density at radius 1 is 1.25 bits per heavy atom. The van der Waals surface area contributed by atoms with Crippen LogP contribution in [-0.4, -0.2) is 30.9 Å². The van der Waals surface area contributed by atoms with Crippen LogP contribution in [0.3, 0.4) is 0 Å². The molecule has 0 spiro atoms. The number of benzene rings is 2. The Bertz CT molecular complexity index is 1020. The highest BCUT2D eigenvalue weighted by molar-refractivity contribution is 9.10. The maximum atomic E-state index is 11.2. The van der Waals surface area contributed by atoms with Gasteiger partial charge < -0.3 is 19.3 Å². The van der Waals surface area contributed by atoms with E-state index in [1.165, 1.54) is 23.8 Å². The summed E-state index contributed by atoms with van der Waals surface area (Å²) in [7, 11) is 1.54. The van der Waals surface area contributed by atoms with Crippen molar-refractivity contribution in [1.29, 1.82) is 0 Å². The molecule has 0 saturated carbocycles. The van der Waals surface area contributed by atoms with E-state index in [1.54, 1.807) is 6.07 Å². The third-order valence-electron chi connectivity index (χ3n) is 6.17. The fraction of sp³-hybridized carbons (Fsp3) is 0.423. The Hall–Kier alpha value is -2.31. The first-order valence-electron chi connectivity index (χ1n) is 10.7. The SMILES string of the molecule is C=C(C)[C@H]1C[C@H](c2ccc(C)cc2C)[C@H](C)O[C@@H]1c1cc(Br)cc(OC)c1OCC(=O)O. The predicted octanol–water partition coefficient (Wildman–Crippen LogP) is 6.36. The second kappa shape index (κ2) is 10.1. The number of ether oxygens (including phenoxy) is 3. The number of carboxylic acid groups (broad SMARTS) is 1. The summed E-state index contributed by atoms with van der Waals surface area (Å²) >= 11 is 3.54. The van der Waals surface area contributed by atoms with Crippen molar-refractivity contribution in [3.63, 3.8) is 0 Å². The molecule has 2 aromatic rings. The first-order valence-corrected chi connectivity index (χ1v) is 11.5. The Morgan fingerprint density at radius 2 is 1.97 bits per heavy atom. The highest BCUT2D eigenvalue weighted by Gasteiger charge is 2.40. The number of carbonyl (C=O) groups is 1. The summed E-state index contributed by atoms with van der Waals surface area (Å²) in [5.41, 5.74) is 5.57. The van der Waals surface area contributed by atoms with Gasteiger partial charge in [0.25, 0.3) is 0 Å². The van der Waals surface area contributed by atoms with Gasteiger partial charge >= 0.3 is 5.97 Å². The van der Waals surface area contributed by atoms with Crippen LogP contribution in [0.15, 0.2) is 47.0 Å². The molecule has 0 bridgehead atoms. The Labute approximate surface area is 198 Å². The summed E-state index contributed by atoms with van der Waals surface area (Å²) in [5, 5.41) is 9.16. The van der Waals surface area contributed by atoms with E-state index >= 15 is 0 Å². The summed E-state index contributed by atoms with van der Waals surface area (Å²) < 4.78 is 18.6. The van der Waals surface area contributed by atoms with Crippen molar-refractivity contribution in [3.8, 4) is 11.5 Å². The van der Waals surface area contributed by atoms with Crippen LogP contribution in [0.5, 0.6) is 11.5 Å². The lowest BCUT2D eigenvalue weighted by molar-refractivity contribution is -0.139. The van der Waals surface area contributed by atoms with Crippen LogP contribution in [-0.2, 0) is 9.53 Å². The number of hydrogen-bond donors (Lipinski definition) is 1. The molecule has 1 aliphatic heterocycles. The lowest BCUT2D eigenvalue weighted by Crippen LogP contribution is -2.35. The molecule has 0 unspecified atom stereocenters. The van der Waals surface area contributed by atoms with Crippen molar-refractivity contribution < 1.29 is 24.1 Å². The minimum absolute atomic E-state index is 0.0306. The van der Waals surface area contributed by atoms with Gasteiger partial charge in [-0.1, -0.05) is 51.8 Å². The van der Waals surface area contributed by atoms with Gasteiger partial charge in [-0.15, -0.1) is 0 Å². The lowest BCUT2D eigenvalue weighted by Gasteiger charge is -2.42. The van der Waals surface area contributed by atoms with E-state index in [4.69, 9.17) is 19.3 Å². The van der Waals surface area contributed by atoms with Crippen molar-refractivity contribution in [2.75, 3.05) is 13.7 Å². The Balaban J connectivity index is 2.04. The number of methoxy groups -OCH3 is 1. The molecule has 32 heavy (non-hydrogen) atoms. The number of rotatable bonds is 7. The monoisotopic (exact) mass is 502 g/mol. The van der Waals surface area contributed by atoms with E-state index in [0.717, 1.165) is 22.0 Å². The lowest BCUT2D eigenvalue weighted by atomic mass is 9.75. The van der Waals surface area contributed by atoms with Crippen LogP contribution in [0.4, 0.5) is 0 Å². The smallest absolute Gasteiger partial charge is 0.341 e. The molecule has 0 aliphatic carbocycles. The van der Waals surface area contributed by atoms with Crippen molar-refractivity contribution in [3.05, 3.63) is 69.2 Å². The van der Waals surface area contributed by atoms with Crippen molar-refractivity contribution in [1.82, 2.24) is 0 Å². The van der Waals surface area contributed by atoms with Crippen LogP contribution < -0.4 is 9.47 Å². The molecule has 172 valence electrons. The molecule has 1 N–H and O–H groups in total. The molecule has 6 heteroatoms. The predicted molar refractivity (Wildman–Crippen MR) is 129 cm³/mol. The minimum atomic E-state index is -1.05. The zero-order valence-corrected chi connectivity index (χ0v) is 20.9. The molecule has 4 atom stereocenters. The van der Waals surface area contributed by atoms with Gasteiger partial charge in [0.05, 0.1) is 19.3 Å². The summed E-state index contributed by atoms with van der Waals surface area (Å²) in [6, 6.07) is 10.2. The second-order valence-electron chi connectivity index (χ2n) is 8.63. The highest BCUT2D eigenvalue weighted by Crippen LogP contribution is 2.50. The van der Waals surface area contributed by atoms with Gasteiger partial charge in [-0.25, -0.2) is 4.79 Å². The van der Waals surface area contributed by atoms with Crippen LogP contribution >= 0.6 is 15.9 Å². The van der Waals surface area contributed by atoms with Crippen LogP contribution in [0.2, 0.25) is 0 Å². The minimum Gasteiger partial charge on any atom is -0.493 e. The van der Waals surface area contributed by atoms with E-state index in [-0.39, 0.29) is 24.0 Å². The van der Waals surface area contributed by atoms with Gasteiger partial charge in [-0.05, 0) is 57.4 Å². The van der Waals surface area contributed by atoms with Gasteiger partial charge in [-0.2, -0.15) is 0 Å². The van der Waals surface area contributed by atoms with E-state index in [0.29, 0.717) is 11.5 Å². The Morgan fingerprint density at radius 3 is 2.56 bits per heavy atom. The molecule has 1 fully saturated rings. The summed E-state index contributed by atoms with van der Waals surface area (Å²) in [6.45, 7) is 12.2. The zero-order valence-electron chi connectivity index (χ0n) is 19.3. The largest absolute Gasteiger partial charge is 0.493 e. The first-order chi connectivity index (χ1) is 15.1. The number of carboxylic acids is 1. The van der Waals surface area contributed by atoms with Crippen LogP contribution in [0.25, 0.3) is 0 Å². The summed E-state index contributed by atoms with van der Waals surface area (Å²) in [4.78, 5) is 11.2. The third-order valence-corrected chi connectivity index (χ3v) is 6.63. The molecule has 1 aliphatic rings. The molecular weight excluding hydrogens is 472 g/mol. The molecule has 0 aromatic heterocycles. The van der Waals surface area contributed by atoms with Crippen molar-refractivity contribution in [2.24, 2.45) is 5.92 Å². The Kier molecular flexibility index (Phi) is 7.67. The number of hydrogen-bond acceptors (Lipinski definition) is 4. The fourth-order valence-corrected chi connectivity index (χ4v) is 5.08. The van der Waals surface area contributed by atoms with Gasteiger partial charge in [0.2, 0.25) is 0 Å². The van der Waals surface area contributed by atoms with E-state index in [2.05, 4.69) is 61.5 Å². The van der Waals surface area contributed by atoms with Gasteiger partial charge in [0, 0.05) is 21.9 Å². The molecule has 5 nitrogen and oxygen atoms in total. The molecular formula is C26H31BrO5. The molecule has 3 rings (SSSR count). The average molecular weight is 503 g/mol. The fourth-order valence-electron chi connectivity index (χ4n) is 4.62. The normalized spacial score (nSPS) is 22.9. The third kappa shape index (κ3) is 5.18. The van der Waals surface area contributed by atoms with Crippen LogP contribution in [0.1, 0.15) is 54.5 Å². The number of aliphatic carboxylic acids is 1. The molecule has 2 aromatic carbocycles. The van der Waals surface area contributed by atoms with Crippen molar-refractivity contribution >= 4 is 21.9 Å². The van der Waals surface area contributed by atoms with E-state index < -0.39 is 12.6 Å². The summed E-state index contributed by atoms with van der Waals surface area (Å²) in [6.07, 6.45) is 0.493. The second-order valence-corrected chi connectivity index (χ2v) is 9.54. The maximum Gasteiger partial charge on any atom is 0.341 e.